The third kappa shape index (κ3) is 9.32. The van der Waals surface area contributed by atoms with Gasteiger partial charge in [-0.1, -0.05) is 63.1 Å². The van der Waals surface area contributed by atoms with Crippen LogP contribution in [-0.2, 0) is 26.0 Å². The molecular formula is C28H34Cl2FeN2S. The normalized spacial score (nSPS) is 11.9. The van der Waals surface area contributed by atoms with E-state index in [4.69, 9.17) is 30.2 Å². The average molecular weight is 557 g/mol. The van der Waals surface area contributed by atoms with Crippen LogP contribution < -0.4 is 0 Å². The van der Waals surface area contributed by atoms with Gasteiger partial charge in [-0.2, -0.15) is 0 Å². The van der Waals surface area contributed by atoms with Gasteiger partial charge in [0, 0.05) is 9.75 Å². The summed E-state index contributed by atoms with van der Waals surface area (Å²) in [6, 6.07) is 21.4. The summed E-state index contributed by atoms with van der Waals surface area (Å²) in [5, 5.41) is 0. The summed E-state index contributed by atoms with van der Waals surface area (Å²) in [7, 11) is 9.53. The maximum absolute atomic E-state index is 4.97. The Morgan fingerprint density at radius 2 is 1.09 bits per heavy atom. The third-order valence-electron chi connectivity index (χ3n) is 5.48. The molecule has 1 heterocycles. The summed E-state index contributed by atoms with van der Waals surface area (Å²) < 4.78 is 0. The van der Waals surface area contributed by atoms with Crippen LogP contribution in [0.4, 0.5) is 11.4 Å². The summed E-state index contributed by atoms with van der Waals surface area (Å²) in [6.07, 6.45) is 6.97. The molecule has 0 atom stereocenters. The number of nitrogens with zero attached hydrogens (tertiary/aromatic N) is 2. The fourth-order valence-corrected chi connectivity index (χ4v) is 4.49. The number of halogens is 2. The molecule has 2 nitrogen and oxygen atoms in total. The Morgan fingerprint density at radius 1 is 0.706 bits per heavy atom. The Kier molecular flexibility index (Phi) is 13.8. The van der Waals surface area contributed by atoms with Gasteiger partial charge in [0.05, 0.1) is 22.8 Å². The minimum absolute atomic E-state index is 0.194. The molecule has 0 radical (unpaired) electrons. The van der Waals surface area contributed by atoms with Gasteiger partial charge in [-0.15, -0.1) is 11.3 Å². The molecular weight excluding hydrogens is 523 g/mol. The number of aryl methyl sites for hydroxylation is 2. The molecule has 0 fully saturated rings. The van der Waals surface area contributed by atoms with E-state index < -0.39 is 0 Å². The summed E-state index contributed by atoms with van der Waals surface area (Å²) in [6.45, 7) is 8.68. The maximum atomic E-state index is 4.97. The van der Waals surface area contributed by atoms with E-state index in [0.29, 0.717) is 0 Å². The summed E-state index contributed by atoms with van der Waals surface area (Å²) in [4.78, 5) is 12.4. The van der Waals surface area contributed by atoms with E-state index in [0.717, 1.165) is 35.6 Å². The number of aliphatic imine (C=N–C) groups is 2. The van der Waals surface area contributed by atoms with Gasteiger partial charge in [0.15, 0.2) is 0 Å². The van der Waals surface area contributed by atoms with Crippen molar-refractivity contribution in [2.75, 3.05) is 0 Å². The Balaban J connectivity index is 0.00000129. The van der Waals surface area contributed by atoms with Gasteiger partial charge in [-0.25, -0.2) is 0 Å². The van der Waals surface area contributed by atoms with Crippen LogP contribution in [0.3, 0.4) is 0 Å². The second kappa shape index (κ2) is 16.3. The molecule has 0 aliphatic carbocycles. The van der Waals surface area contributed by atoms with Crippen molar-refractivity contribution in [3.05, 3.63) is 81.5 Å². The first-order valence-electron chi connectivity index (χ1n) is 11.8. The van der Waals surface area contributed by atoms with E-state index in [1.54, 1.807) is 11.3 Å². The summed E-state index contributed by atoms with van der Waals surface area (Å²) in [5.74, 6) is 0. The monoisotopic (exact) mass is 556 g/mol. The molecule has 1 aromatic heterocycles. The summed E-state index contributed by atoms with van der Waals surface area (Å²) >= 11 is 1.97. The zero-order valence-corrected chi connectivity index (χ0v) is 23.9. The zero-order chi connectivity index (χ0) is 24.8. The number of rotatable bonds is 10. The molecule has 0 saturated carbocycles. The van der Waals surface area contributed by atoms with Gasteiger partial charge in [0.25, 0.3) is 0 Å². The average Bonchev–Trinajstić information content (AvgIpc) is 3.34. The standard InChI is InChI=1S/C28H34N2S.2ClH.Fe/c1-5-7-13-23-15-9-11-17-25(23)29-21(3)27-19-20-28(31-27)22(4)30-26-18-12-10-16-24(26)14-8-6-2;;;/h9-12,15-20H,5-8,13-14H2,1-4H3;2*1H;/q;;;+2/p-2. The van der Waals surface area contributed by atoms with Crippen molar-refractivity contribution in [3.8, 4) is 0 Å². The van der Waals surface area contributed by atoms with Crippen LogP contribution in [-0.4, -0.2) is 11.4 Å². The molecule has 0 amide bonds. The van der Waals surface area contributed by atoms with Crippen LogP contribution in [0, 0.1) is 0 Å². The number of para-hydroxylation sites is 2. The molecule has 184 valence electrons. The van der Waals surface area contributed by atoms with Crippen molar-refractivity contribution in [2.24, 2.45) is 9.98 Å². The fraction of sp³-hybridized carbons (Fsp3) is 0.357. The van der Waals surface area contributed by atoms with Crippen molar-refractivity contribution in [1.29, 1.82) is 0 Å². The third-order valence-corrected chi connectivity index (χ3v) is 6.78. The zero-order valence-electron chi connectivity index (χ0n) is 20.4. The Bertz CT molecular complexity index is 994. The van der Waals surface area contributed by atoms with Crippen molar-refractivity contribution in [3.63, 3.8) is 0 Å². The number of hydrogen-bond donors (Lipinski definition) is 0. The first kappa shape index (κ1) is 28.8. The van der Waals surface area contributed by atoms with Gasteiger partial charge in [-0.3, -0.25) is 9.98 Å². The van der Waals surface area contributed by atoms with Gasteiger partial charge in [-0.05, 0) is 74.9 Å². The SMILES string of the molecule is CCCCc1ccccc1N=C(C)c1ccc(C(C)=Nc2ccccc2CCCC)s1.[Cl][Fe][Cl]. The summed E-state index contributed by atoms with van der Waals surface area (Å²) in [5.41, 5.74) is 6.99. The van der Waals surface area contributed by atoms with Crippen molar-refractivity contribution in [1.82, 2.24) is 0 Å². The second-order valence-electron chi connectivity index (χ2n) is 8.07. The van der Waals surface area contributed by atoms with E-state index in [1.807, 2.05) is 0 Å². The first-order valence-corrected chi connectivity index (χ1v) is 15.6. The Hall–Kier alpha value is -1.42. The first-order chi connectivity index (χ1) is 16.5. The van der Waals surface area contributed by atoms with Gasteiger partial charge in [0.2, 0.25) is 0 Å². The van der Waals surface area contributed by atoms with Crippen LogP contribution >= 0.6 is 31.5 Å². The second-order valence-corrected chi connectivity index (χ2v) is 11.0. The van der Waals surface area contributed by atoms with E-state index in [9.17, 15) is 0 Å². The molecule has 0 bridgehead atoms. The predicted molar refractivity (Wildman–Crippen MR) is 150 cm³/mol. The molecule has 3 aromatic rings. The number of thiophene rings is 1. The molecule has 0 spiro atoms. The molecule has 0 aliphatic rings. The van der Waals surface area contributed by atoms with E-state index in [2.05, 4.69) is 88.4 Å². The van der Waals surface area contributed by atoms with Crippen LogP contribution in [0.1, 0.15) is 74.3 Å². The van der Waals surface area contributed by atoms with Crippen LogP contribution in [0.15, 0.2) is 70.6 Å². The molecule has 0 aliphatic heterocycles. The minimum atomic E-state index is 0.194. The molecule has 0 unspecified atom stereocenters. The van der Waals surface area contributed by atoms with Crippen LogP contribution in [0.2, 0.25) is 0 Å². The van der Waals surface area contributed by atoms with Gasteiger partial charge in [0.1, 0.15) is 0 Å². The van der Waals surface area contributed by atoms with Crippen molar-refractivity contribution in [2.45, 2.75) is 66.2 Å². The van der Waals surface area contributed by atoms with Gasteiger partial charge < -0.3 is 0 Å². The molecule has 3 rings (SSSR count). The Labute approximate surface area is 224 Å². The molecule has 0 saturated heterocycles. The van der Waals surface area contributed by atoms with Crippen LogP contribution in [0.5, 0.6) is 0 Å². The topological polar surface area (TPSA) is 24.7 Å². The molecule has 34 heavy (non-hydrogen) atoms. The predicted octanol–water partition coefficient (Wildman–Crippen LogP) is 10.1. The van der Waals surface area contributed by atoms with E-state index >= 15 is 0 Å². The Morgan fingerprint density at radius 3 is 1.47 bits per heavy atom. The van der Waals surface area contributed by atoms with Gasteiger partial charge >= 0.3 is 33.3 Å². The molecule has 2 aromatic carbocycles. The van der Waals surface area contributed by atoms with E-state index in [-0.39, 0.29) is 13.1 Å². The van der Waals surface area contributed by atoms with Crippen molar-refractivity contribution >= 4 is 54.3 Å². The quantitative estimate of drug-likeness (QED) is 0.175. The van der Waals surface area contributed by atoms with E-state index in [1.165, 1.54) is 46.6 Å². The molecule has 6 heteroatoms. The fourth-order valence-electron chi connectivity index (χ4n) is 3.60. The number of hydrogen-bond acceptors (Lipinski definition) is 3. The van der Waals surface area contributed by atoms with Crippen LogP contribution in [0.25, 0.3) is 0 Å². The number of unbranched alkanes of at least 4 members (excludes halogenated alkanes) is 2. The van der Waals surface area contributed by atoms with Crippen molar-refractivity contribution < 1.29 is 13.1 Å². The molecule has 0 N–H and O–H groups in total. The number of benzene rings is 2.